The summed E-state index contributed by atoms with van der Waals surface area (Å²) in [6.45, 7) is 6.19. The van der Waals surface area contributed by atoms with Crippen molar-refractivity contribution >= 4 is 5.91 Å². The van der Waals surface area contributed by atoms with Crippen LogP contribution in [-0.4, -0.2) is 38.0 Å². The Hall–Kier alpha value is -0.570. The first-order valence-corrected chi connectivity index (χ1v) is 4.37. The van der Waals surface area contributed by atoms with Crippen molar-refractivity contribution in [3.8, 4) is 0 Å². The molecule has 1 atom stereocenters. The Morgan fingerprint density at radius 1 is 1.58 bits per heavy atom. The van der Waals surface area contributed by atoms with Crippen LogP contribution in [0.4, 0.5) is 0 Å². The van der Waals surface area contributed by atoms with Gasteiger partial charge in [0.25, 0.3) is 0 Å². The number of rotatable bonds is 1. The topological polar surface area (TPSA) is 32.3 Å². The van der Waals surface area contributed by atoms with Crippen molar-refractivity contribution in [3.63, 3.8) is 0 Å². The lowest BCUT2D eigenvalue weighted by Gasteiger charge is -2.23. The van der Waals surface area contributed by atoms with Crippen molar-refractivity contribution in [2.75, 3.05) is 27.2 Å². The number of hydrogen-bond donors (Lipinski definition) is 1. The van der Waals surface area contributed by atoms with Crippen LogP contribution < -0.4 is 5.32 Å². The van der Waals surface area contributed by atoms with E-state index in [2.05, 4.69) is 31.1 Å². The van der Waals surface area contributed by atoms with E-state index in [0.29, 0.717) is 0 Å². The Labute approximate surface area is 74.1 Å². The Morgan fingerprint density at radius 3 is 2.50 bits per heavy atom. The molecular weight excluding hydrogens is 152 g/mol. The quantitative estimate of drug-likeness (QED) is 0.614. The zero-order chi connectivity index (χ0) is 9.35. The Bertz CT molecular complexity index is 189. The van der Waals surface area contributed by atoms with Crippen molar-refractivity contribution in [2.45, 2.75) is 13.8 Å². The van der Waals surface area contributed by atoms with Crippen LogP contribution in [0.1, 0.15) is 13.8 Å². The van der Waals surface area contributed by atoms with E-state index in [4.69, 9.17) is 0 Å². The SMILES string of the molecule is CNC(=O)[C@@H]1CN(C)CC1(C)C. The highest BCUT2D eigenvalue weighted by molar-refractivity contribution is 5.79. The van der Waals surface area contributed by atoms with Gasteiger partial charge in [0.2, 0.25) is 5.91 Å². The molecule has 0 aliphatic carbocycles. The van der Waals surface area contributed by atoms with E-state index in [1.54, 1.807) is 7.05 Å². The van der Waals surface area contributed by atoms with E-state index in [1.807, 2.05) is 0 Å². The average molecular weight is 170 g/mol. The summed E-state index contributed by atoms with van der Waals surface area (Å²) in [5.41, 5.74) is 0.120. The molecule has 0 radical (unpaired) electrons. The predicted molar refractivity (Wildman–Crippen MR) is 48.8 cm³/mol. The largest absolute Gasteiger partial charge is 0.359 e. The molecule has 0 aromatic carbocycles. The van der Waals surface area contributed by atoms with Crippen LogP contribution in [0.5, 0.6) is 0 Å². The second-order valence-corrected chi connectivity index (χ2v) is 4.35. The smallest absolute Gasteiger partial charge is 0.224 e. The molecule has 0 unspecified atom stereocenters. The molecule has 1 aliphatic rings. The molecule has 70 valence electrons. The third-order valence-corrected chi connectivity index (χ3v) is 2.68. The molecule has 1 saturated heterocycles. The highest BCUT2D eigenvalue weighted by Crippen LogP contribution is 2.34. The van der Waals surface area contributed by atoms with Gasteiger partial charge in [-0.2, -0.15) is 0 Å². The summed E-state index contributed by atoms with van der Waals surface area (Å²) in [6.07, 6.45) is 0. The molecule has 0 aromatic rings. The molecule has 1 heterocycles. The van der Waals surface area contributed by atoms with Crippen LogP contribution in [0, 0.1) is 11.3 Å². The van der Waals surface area contributed by atoms with E-state index in [-0.39, 0.29) is 17.2 Å². The fourth-order valence-corrected chi connectivity index (χ4v) is 2.04. The first kappa shape index (κ1) is 9.52. The molecule has 1 amide bonds. The summed E-state index contributed by atoms with van der Waals surface area (Å²) in [7, 11) is 3.77. The predicted octanol–water partition coefficient (Wildman–Crippen LogP) is 0.320. The minimum Gasteiger partial charge on any atom is -0.359 e. The molecule has 1 fully saturated rings. The van der Waals surface area contributed by atoms with Gasteiger partial charge < -0.3 is 10.2 Å². The standard InChI is InChI=1S/C9H18N2O/c1-9(2)6-11(4)5-7(9)8(12)10-3/h7H,5-6H2,1-4H3,(H,10,12)/t7-/m0/s1. The van der Waals surface area contributed by atoms with Gasteiger partial charge in [-0.05, 0) is 12.5 Å². The number of carbonyl (C=O) groups excluding carboxylic acids is 1. The van der Waals surface area contributed by atoms with Crippen molar-refractivity contribution in [1.29, 1.82) is 0 Å². The summed E-state index contributed by atoms with van der Waals surface area (Å²) in [5.74, 6) is 0.317. The lowest BCUT2D eigenvalue weighted by atomic mass is 9.81. The van der Waals surface area contributed by atoms with Crippen molar-refractivity contribution in [1.82, 2.24) is 10.2 Å². The van der Waals surface area contributed by atoms with E-state index >= 15 is 0 Å². The molecule has 0 saturated carbocycles. The molecule has 1 N–H and O–H groups in total. The molecule has 0 aromatic heterocycles. The van der Waals surface area contributed by atoms with Crippen molar-refractivity contribution in [2.24, 2.45) is 11.3 Å². The van der Waals surface area contributed by atoms with E-state index in [1.165, 1.54) is 0 Å². The molecule has 0 spiro atoms. The van der Waals surface area contributed by atoms with Gasteiger partial charge in [-0.3, -0.25) is 4.79 Å². The van der Waals surface area contributed by atoms with Gasteiger partial charge >= 0.3 is 0 Å². The third-order valence-electron chi connectivity index (χ3n) is 2.68. The second-order valence-electron chi connectivity index (χ2n) is 4.35. The minimum absolute atomic E-state index is 0.120. The summed E-state index contributed by atoms with van der Waals surface area (Å²) in [6, 6.07) is 0. The zero-order valence-corrected chi connectivity index (χ0v) is 8.35. The monoisotopic (exact) mass is 170 g/mol. The van der Waals surface area contributed by atoms with Crippen LogP contribution in [0.2, 0.25) is 0 Å². The van der Waals surface area contributed by atoms with Gasteiger partial charge in [0.05, 0.1) is 5.92 Å². The van der Waals surface area contributed by atoms with Crippen molar-refractivity contribution in [3.05, 3.63) is 0 Å². The number of nitrogens with one attached hydrogen (secondary N) is 1. The minimum atomic E-state index is 0.120. The second kappa shape index (κ2) is 3.05. The van der Waals surface area contributed by atoms with Gasteiger partial charge in [0, 0.05) is 20.1 Å². The van der Waals surface area contributed by atoms with Crippen LogP contribution in [0.15, 0.2) is 0 Å². The van der Waals surface area contributed by atoms with Gasteiger partial charge in [0.15, 0.2) is 0 Å². The molecule has 1 rings (SSSR count). The van der Waals surface area contributed by atoms with E-state index < -0.39 is 0 Å². The van der Waals surface area contributed by atoms with Crippen LogP contribution in [0.25, 0.3) is 0 Å². The number of nitrogens with zero attached hydrogens (tertiary/aromatic N) is 1. The molecule has 3 nitrogen and oxygen atoms in total. The number of amides is 1. The fraction of sp³-hybridized carbons (Fsp3) is 0.889. The van der Waals surface area contributed by atoms with Gasteiger partial charge in [-0.15, -0.1) is 0 Å². The van der Waals surface area contributed by atoms with E-state index in [0.717, 1.165) is 13.1 Å². The normalized spacial score (nSPS) is 28.8. The van der Waals surface area contributed by atoms with Gasteiger partial charge in [-0.1, -0.05) is 13.8 Å². The van der Waals surface area contributed by atoms with E-state index in [9.17, 15) is 4.79 Å². The molecule has 0 bridgehead atoms. The Balaban J connectivity index is 2.71. The average Bonchev–Trinajstić information content (AvgIpc) is 2.23. The van der Waals surface area contributed by atoms with Crippen molar-refractivity contribution < 1.29 is 4.79 Å². The van der Waals surface area contributed by atoms with Gasteiger partial charge in [0.1, 0.15) is 0 Å². The lowest BCUT2D eigenvalue weighted by Crippen LogP contribution is -2.36. The highest BCUT2D eigenvalue weighted by Gasteiger charge is 2.41. The number of hydrogen-bond acceptors (Lipinski definition) is 2. The first-order valence-electron chi connectivity index (χ1n) is 4.37. The Kier molecular flexibility index (Phi) is 2.42. The molecule has 12 heavy (non-hydrogen) atoms. The van der Waals surface area contributed by atoms with Crippen LogP contribution in [0.3, 0.4) is 0 Å². The maximum Gasteiger partial charge on any atom is 0.224 e. The molecular formula is C9H18N2O. The van der Waals surface area contributed by atoms with Gasteiger partial charge in [-0.25, -0.2) is 0 Å². The fourth-order valence-electron chi connectivity index (χ4n) is 2.04. The summed E-state index contributed by atoms with van der Waals surface area (Å²) in [4.78, 5) is 13.6. The maximum absolute atomic E-state index is 11.4. The lowest BCUT2D eigenvalue weighted by molar-refractivity contribution is -0.126. The summed E-state index contributed by atoms with van der Waals surface area (Å²) in [5, 5.41) is 2.72. The van der Waals surface area contributed by atoms with Crippen LogP contribution in [-0.2, 0) is 4.79 Å². The highest BCUT2D eigenvalue weighted by atomic mass is 16.1. The molecule has 1 aliphatic heterocycles. The number of carbonyl (C=O) groups is 1. The first-order chi connectivity index (χ1) is 5.47. The number of likely N-dealkylation sites (tertiary alicyclic amines) is 1. The summed E-state index contributed by atoms with van der Waals surface area (Å²) >= 11 is 0. The Morgan fingerprint density at radius 2 is 2.17 bits per heavy atom. The summed E-state index contributed by atoms with van der Waals surface area (Å²) < 4.78 is 0. The van der Waals surface area contributed by atoms with Crippen LogP contribution >= 0.6 is 0 Å². The zero-order valence-electron chi connectivity index (χ0n) is 8.35. The molecule has 3 heteroatoms. The third kappa shape index (κ3) is 1.61. The maximum atomic E-state index is 11.4.